The Hall–Kier alpha value is -2.38. The highest BCUT2D eigenvalue weighted by Gasteiger charge is 2.42. The molecular weight excluding hydrogens is 448 g/mol. The molecule has 0 unspecified atom stereocenters. The van der Waals surface area contributed by atoms with Gasteiger partial charge >= 0.3 is 6.09 Å². The van der Waals surface area contributed by atoms with E-state index in [2.05, 4.69) is 21.2 Å². The van der Waals surface area contributed by atoms with E-state index in [1.165, 1.54) is 4.90 Å². The van der Waals surface area contributed by atoms with Crippen LogP contribution >= 0.6 is 15.9 Å². The van der Waals surface area contributed by atoms with Gasteiger partial charge in [-0.15, -0.1) is 0 Å². The van der Waals surface area contributed by atoms with Gasteiger partial charge in [-0.05, 0) is 54.4 Å². The van der Waals surface area contributed by atoms with Crippen LogP contribution in [-0.2, 0) is 20.9 Å². The first-order chi connectivity index (χ1) is 14.2. The van der Waals surface area contributed by atoms with Crippen molar-refractivity contribution in [3.8, 4) is 0 Å². The van der Waals surface area contributed by atoms with E-state index in [0.29, 0.717) is 18.7 Å². The zero-order valence-electron chi connectivity index (χ0n) is 17.4. The number of para-hydroxylation sites is 1. The molecule has 6 nitrogen and oxygen atoms in total. The summed E-state index contributed by atoms with van der Waals surface area (Å²) in [6, 6.07) is 16.2. The van der Waals surface area contributed by atoms with Crippen molar-refractivity contribution >= 4 is 33.6 Å². The number of benzene rings is 2. The summed E-state index contributed by atoms with van der Waals surface area (Å²) in [6.45, 7) is 6.33. The molecule has 0 aliphatic carbocycles. The molecule has 1 aliphatic heterocycles. The average Bonchev–Trinajstić information content (AvgIpc) is 3.11. The third-order valence-corrected chi connectivity index (χ3v) is 5.35. The molecule has 160 valence electrons. The van der Waals surface area contributed by atoms with Gasteiger partial charge in [0.25, 0.3) is 0 Å². The number of anilines is 1. The normalized spacial score (nSPS) is 18.9. The Morgan fingerprint density at radius 2 is 1.77 bits per heavy atom. The van der Waals surface area contributed by atoms with Crippen LogP contribution in [0.2, 0.25) is 0 Å². The molecule has 2 atom stereocenters. The molecule has 0 aromatic heterocycles. The van der Waals surface area contributed by atoms with E-state index in [0.717, 1.165) is 10.0 Å². The molecule has 1 fully saturated rings. The first kappa shape index (κ1) is 22.3. The van der Waals surface area contributed by atoms with Crippen LogP contribution in [-0.4, -0.2) is 41.2 Å². The first-order valence-electron chi connectivity index (χ1n) is 9.93. The topological polar surface area (TPSA) is 67.9 Å². The lowest BCUT2D eigenvalue weighted by Crippen LogP contribution is -2.43. The van der Waals surface area contributed by atoms with Crippen molar-refractivity contribution in [2.45, 2.75) is 51.5 Å². The van der Waals surface area contributed by atoms with Crippen molar-refractivity contribution < 1.29 is 19.1 Å². The Labute approximate surface area is 185 Å². The van der Waals surface area contributed by atoms with Crippen molar-refractivity contribution in [3.05, 3.63) is 64.6 Å². The fraction of sp³-hybridized carbons (Fsp3) is 0.391. The van der Waals surface area contributed by atoms with Crippen LogP contribution in [0.4, 0.5) is 10.5 Å². The number of amides is 2. The molecule has 2 aromatic carbocycles. The average molecular weight is 475 g/mol. The molecule has 30 heavy (non-hydrogen) atoms. The van der Waals surface area contributed by atoms with Crippen molar-refractivity contribution in [1.29, 1.82) is 0 Å². The van der Waals surface area contributed by atoms with Gasteiger partial charge in [0.15, 0.2) is 0 Å². The standard InChI is InChI=1S/C23H27BrN2O4/c1-23(2,3)30-17-13-20(21(27)25-19-12-8-7-11-18(19)24)26(14-17)22(28)29-15-16-9-5-4-6-10-16/h4-12,17,20H,13-15H2,1-3H3,(H,25,27)/t17-,20+/m1/s1. The van der Waals surface area contributed by atoms with E-state index >= 15 is 0 Å². The number of nitrogens with zero attached hydrogens (tertiary/aromatic N) is 1. The number of hydrogen-bond donors (Lipinski definition) is 1. The minimum absolute atomic E-state index is 0.152. The van der Waals surface area contributed by atoms with Crippen LogP contribution in [0.25, 0.3) is 0 Å². The molecule has 0 bridgehead atoms. The minimum atomic E-state index is -0.673. The number of nitrogens with one attached hydrogen (secondary N) is 1. The van der Waals surface area contributed by atoms with E-state index in [9.17, 15) is 9.59 Å². The number of likely N-dealkylation sites (tertiary alicyclic amines) is 1. The Bertz CT molecular complexity index is 882. The summed E-state index contributed by atoms with van der Waals surface area (Å²) in [6.07, 6.45) is -0.357. The quantitative estimate of drug-likeness (QED) is 0.662. The highest BCUT2D eigenvalue weighted by atomic mass is 79.9. The Morgan fingerprint density at radius 3 is 2.43 bits per heavy atom. The SMILES string of the molecule is CC(C)(C)O[C@@H]1C[C@@H](C(=O)Nc2ccccc2Br)N(C(=O)OCc2ccccc2)C1. The van der Waals surface area contributed by atoms with Gasteiger partial charge in [-0.3, -0.25) is 9.69 Å². The maximum absolute atomic E-state index is 13.0. The predicted molar refractivity (Wildman–Crippen MR) is 119 cm³/mol. The Balaban J connectivity index is 1.72. The highest BCUT2D eigenvalue weighted by molar-refractivity contribution is 9.10. The first-order valence-corrected chi connectivity index (χ1v) is 10.7. The number of carbonyl (C=O) groups excluding carboxylic acids is 2. The lowest BCUT2D eigenvalue weighted by Gasteiger charge is -2.25. The van der Waals surface area contributed by atoms with Gasteiger partial charge in [-0.2, -0.15) is 0 Å². The van der Waals surface area contributed by atoms with Crippen LogP contribution < -0.4 is 5.32 Å². The molecular formula is C23H27BrN2O4. The fourth-order valence-corrected chi connectivity index (χ4v) is 3.80. The summed E-state index contributed by atoms with van der Waals surface area (Å²) >= 11 is 3.44. The molecule has 3 rings (SSSR count). The number of rotatable bonds is 5. The molecule has 1 heterocycles. The number of hydrogen-bond acceptors (Lipinski definition) is 4. The zero-order chi connectivity index (χ0) is 21.7. The monoisotopic (exact) mass is 474 g/mol. The van der Waals surface area contributed by atoms with Crippen LogP contribution in [0.15, 0.2) is 59.1 Å². The maximum atomic E-state index is 13.0. The van der Waals surface area contributed by atoms with Gasteiger partial charge in [0.2, 0.25) is 5.91 Å². The molecule has 1 aliphatic rings. The Morgan fingerprint density at radius 1 is 1.10 bits per heavy atom. The minimum Gasteiger partial charge on any atom is -0.445 e. The summed E-state index contributed by atoms with van der Waals surface area (Å²) in [5.41, 5.74) is 1.17. The van der Waals surface area contributed by atoms with Crippen molar-refractivity contribution in [3.63, 3.8) is 0 Å². The van der Waals surface area contributed by atoms with Gasteiger partial charge in [0.05, 0.1) is 23.9 Å². The fourth-order valence-electron chi connectivity index (χ4n) is 3.41. The van der Waals surface area contributed by atoms with Gasteiger partial charge in [-0.1, -0.05) is 42.5 Å². The predicted octanol–water partition coefficient (Wildman–Crippen LogP) is 4.98. The van der Waals surface area contributed by atoms with Gasteiger partial charge in [-0.25, -0.2) is 4.79 Å². The van der Waals surface area contributed by atoms with E-state index in [4.69, 9.17) is 9.47 Å². The zero-order valence-corrected chi connectivity index (χ0v) is 19.0. The molecule has 0 radical (unpaired) electrons. The molecule has 1 saturated heterocycles. The van der Waals surface area contributed by atoms with Crippen molar-refractivity contribution in [1.82, 2.24) is 4.90 Å². The summed E-state index contributed by atoms with van der Waals surface area (Å²) < 4.78 is 12.3. The van der Waals surface area contributed by atoms with E-state index in [-0.39, 0.29) is 24.2 Å². The maximum Gasteiger partial charge on any atom is 0.410 e. The van der Waals surface area contributed by atoms with E-state index in [1.807, 2.05) is 69.3 Å². The van der Waals surface area contributed by atoms with Gasteiger partial charge < -0.3 is 14.8 Å². The molecule has 7 heteroatoms. The van der Waals surface area contributed by atoms with Crippen LogP contribution in [0.5, 0.6) is 0 Å². The smallest absolute Gasteiger partial charge is 0.410 e. The van der Waals surface area contributed by atoms with Gasteiger partial charge in [0.1, 0.15) is 12.6 Å². The molecule has 0 spiro atoms. The summed E-state index contributed by atoms with van der Waals surface area (Å²) in [5.74, 6) is -0.265. The van der Waals surface area contributed by atoms with E-state index < -0.39 is 12.1 Å². The van der Waals surface area contributed by atoms with E-state index in [1.54, 1.807) is 6.07 Å². The lowest BCUT2D eigenvalue weighted by atomic mass is 10.1. The van der Waals surface area contributed by atoms with Crippen LogP contribution in [0.3, 0.4) is 0 Å². The number of ether oxygens (including phenoxy) is 2. The van der Waals surface area contributed by atoms with Gasteiger partial charge in [0, 0.05) is 10.9 Å². The largest absolute Gasteiger partial charge is 0.445 e. The van der Waals surface area contributed by atoms with Crippen LogP contribution in [0.1, 0.15) is 32.8 Å². The second-order valence-electron chi connectivity index (χ2n) is 8.27. The highest BCUT2D eigenvalue weighted by Crippen LogP contribution is 2.28. The molecule has 0 saturated carbocycles. The third-order valence-electron chi connectivity index (χ3n) is 4.66. The summed E-state index contributed by atoms with van der Waals surface area (Å²) in [7, 11) is 0. The van der Waals surface area contributed by atoms with Crippen molar-refractivity contribution in [2.24, 2.45) is 0 Å². The van der Waals surface area contributed by atoms with Crippen molar-refractivity contribution in [2.75, 3.05) is 11.9 Å². The Kier molecular flexibility index (Phi) is 7.15. The second-order valence-corrected chi connectivity index (χ2v) is 9.12. The molecule has 2 aromatic rings. The third kappa shape index (κ3) is 6.06. The number of carbonyl (C=O) groups is 2. The lowest BCUT2D eigenvalue weighted by molar-refractivity contribution is -0.120. The number of halogens is 1. The summed E-state index contributed by atoms with van der Waals surface area (Å²) in [5, 5.41) is 2.90. The second kappa shape index (κ2) is 9.62. The van der Waals surface area contributed by atoms with Crippen LogP contribution in [0, 0.1) is 0 Å². The molecule has 2 amide bonds. The molecule has 1 N–H and O–H groups in total. The summed E-state index contributed by atoms with van der Waals surface area (Å²) in [4.78, 5) is 27.3.